The molecule has 11 nitrogen and oxygen atoms in total. The van der Waals surface area contributed by atoms with E-state index in [1.807, 2.05) is 24.3 Å². The van der Waals surface area contributed by atoms with E-state index in [-0.39, 0.29) is 18.7 Å². The highest BCUT2D eigenvalue weighted by Crippen LogP contribution is 2.41. The van der Waals surface area contributed by atoms with E-state index < -0.39 is 0 Å². The predicted molar refractivity (Wildman–Crippen MR) is 116 cm³/mol. The van der Waals surface area contributed by atoms with Crippen LogP contribution >= 0.6 is 0 Å². The van der Waals surface area contributed by atoms with Gasteiger partial charge >= 0.3 is 6.03 Å². The highest BCUT2D eigenvalue weighted by Gasteiger charge is 2.40. The van der Waals surface area contributed by atoms with Gasteiger partial charge in [0, 0.05) is 30.6 Å². The molecule has 0 aliphatic carbocycles. The Labute approximate surface area is 184 Å². The molecule has 2 aromatic heterocycles. The number of para-hydroxylation sites is 1. The summed E-state index contributed by atoms with van der Waals surface area (Å²) < 4.78 is 1.61. The predicted octanol–water partition coefficient (Wildman–Crippen LogP) is 1.82. The van der Waals surface area contributed by atoms with E-state index in [1.165, 1.54) is 4.90 Å². The minimum Gasteiger partial charge on any atom is -0.394 e. The van der Waals surface area contributed by atoms with Gasteiger partial charge in [0.15, 0.2) is 6.19 Å². The fourth-order valence-corrected chi connectivity index (χ4v) is 4.17. The van der Waals surface area contributed by atoms with Gasteiger partial charge in [-0.25, -0.2) is 9.78 Å². The van der Waals surface area contributed by atoms with Crippen LogP contribution < -0.4 is 15.1 Å². The zero-order chi connectivity index (χ0) is 22.2. The van der Waals surface area contributed by atoms with Gasteiger partial charge in [0.1, 0.15) is 5.82 Å². The minimum atomic E-state index is -0.232. The number of aliphatic hydroxyl groups excluding tert-OH is 1. The molecule has 3 aromatic rings. The average molecular weight is 431 g/mol. The second-order valence-electron chi connectivity index (χ2n) is 7.64. The standard InChI is InChI=1S/C21H21N9O2/c1-27-19-14(8-23-20(26-19)25-15-9-24-29(11-15)6-7-31)10-30(21(27)32)18-12-28(13-22)17-5-3-2-4-16(17)18/h2-5,8-9,11,18,31H,6-7,10,12H2,1H3,(H,23,25,26). The molecule has 1 unspecified atom stereocenters. The number of nitriles is 1. The van der Waals surface area contributed by atoms with Gasteiger partial charge in [0.05, 0.1) is 49.9 Å². The number of hydrogen-bond donors (Lipinski definition) is 2. The minimum absolute atomic E-state index is 0.00251. The average Bonchev–Trinajstić information content (AvgIpc) is 3.41. The quantitative estimate of drug-likeness (QED) is 0.586. The van der Waals surface area contributed by atoms with Gasteiger partial charge in [0.25, 0.3) is 0 Å². The van der Waals surface area contributed by atoms with Crippen LogP contribution in [0.25, 0.3) is 0 Å². The van der Waals surface area contributed by atoms with Crippen molar-refractivity contribution in [2.24, 2.45) is 0 Å². The Morgan fingerprint density at radius 2 is 2.16 bits per heavy atom. The molecular weight excluding hydrogens is 410 g/mol. The normalized spacial score (nSPS) is 17.2. The van der Waals surface area contributed by atoms with Gasteiger partial charge in [-0.3, -0.25) is 14.5 Å². The Hall–Kier alpha value is -4.17. The number of amides is 2. The molecule has 1 atom stereocenters. The lowest BCUT2D eigenvalue weighted by Gasteiger charge is -2.37. The fraction of sp³-hybridized carbons (Fsp3) is 0.286. The molecule has 0 radical (unpaired) electrons. The maximum atomic E-state index is 13.3. The number of aliphatic hydroxyl groups is 1. The van der Waals surface area contributed by atoms with Crippen LogP contribution in [0, 0.1) is 11.5 Å². The monoisotopic (exact) mass is 431 g/mol. The Morgan fingerprint density at radius 1 is 1.31 bits per heavy atom. The number of nitrogens with zero attached hydrogens (tertiary/aromatic N) is 8. The first-order chi connectivity index (χ1) is 15.6. The van der Waals surface area contributed by atoms with Crippen molar-refractivity contribution in [2.45, 2.75) is 19.1 Å². The molecular formula is C21H21N9O2. The Balaban J connectivity index is 1.40. The number of aromatic nitrogens is 4. The number of anilines is 4. The van der Waals surface area contributed by atoms with Crippen LogP contribution in [0.2, 0.25) is 0 Å². The van der Waals surface area contributed by atoms with E-state index in [0.717, 1.165) is 16.8 Å². The summed E-state index contributed by atoms with van der Waals surface area (Å²) in [6, 6.07) is 7.25. The molecule has 4 heterocycles. The number of fused-ring (bicyclic) bond motifs is 2. The number of nitrogens with one attached hydrogen (secondary N) is 1. The van der Waals surface area contributed by atoms with Crippen molar-refractivity contribution in [1.29, 1.82) is 5.26 Å². The summed E-state index contributed by atoms with van der Waals surface area (Å²) in [5, 5.41) is 25.7. The van der Waals surface area contributed by atoms with E-state index in [2.05, 4.69) is 26.6 Å². The molecule has 0 spiro atoms. The van der Waals surface area contributed by atoms with Crippen LogP contribution in [0.15, 0.2) is 42.9 Å². The number of carbonyl (C=O) groups is 1. The highest BCUT2D eigenvalue weighted by molar-refractivity contribution is 5.94. The lowest BCUT2D eigenvalue weighted by atomic mass is 10.1. The van der Waals surface area contributed by atoms with Gasteiger partial charge < -0.3 is 15.3 Å². The van der Waals surface area contributed by atoms with Gasteiger partial charge in [-0.2, -0.15) is 15.3 Å². The first-order valence-corrected chi connectivity index (χ1v) is 10.2. The van der Waals surface area contributed by atoms with Crippen molar-refractivity contribution >= 4 is 29.2 Å². The van der Waals surface area contributed by atoms with Crippen LogP contribution in [0.1, 0.15) is 17.2 Å². The number of benzene rings is 1. The SMILES string of the molecule is CN1C(=O)N(C2CN(C#N)c3ccccc32)Cc2cnc(Nc3cnn(CCO)c3)nc21. The molecule has 5 rings (SSSR count). The number of carbonyl (C=O) groups excluding carboxylic acids is 1. The zero-order valence-electron chi connectivity index (χ0n) is 17.4. The molecule has 162 valence electrons. The summed E-state index contributed by atoms with van der Waals surface area (Å²) >= 11 is 0. The van der Waals surface area contributed by atoms with E-state index in [9.17, 15) is 10.1 Å². The molecule has 2 aliphatic heterocycles. The van der Waals surface area contributed by atoms with E-state index >= 15 is 0 Å². The summed E-state index contributed by atoms with van der Waals surface area (Å²) in [4.78, 5) is 27.1. The van der Waals surface area contributed by atoms with Crippen molar-refractivity contribution in [3.05, 3.63) is 54.0 Å². The van der Waals surface area contributed by atoms with Gasteiger partial charge in [0.2, 0.25) is 5.95 Å². The molecule has 2 N–H and O–H groups in total. The van der Waals surface area contributed by atoms with Crippen LogP contribution in [0.4, 0.5) is 27.9 Å². The molecule has 0 saturated carbocycles. The third-order valence-electron chi connectivity index (χ3n) is 5.69. The first kappa shape index (κ1) is 19.8. The molecule has 0 saturated heterocycles. The van der Waals surface area contributed by atoms with Crippen LogP contribution in [0.3, 0.4) is 0 Å². The molecule has 0 fully saturated rings. The Bertz CT molecular complexity index is 1220. The van der Waals surface area contributed by atoms with Crippen molar-refractivity contribution in [1.82, 2.24) is 24.6 Å². The summed E-state index contributed by atoms with van der Waals surface area (Å²) in [7, 11) is 1.69. The first-order valence-electron chi connectivity index (χ1n) is 10.2. The third-order valence-corrected chi connectivity index (χ3v) is 5.69. The molecule has 11 heteroatoms. The highest BCUT2D eigenvalue weighted by atomic mass is 16.3. The second-order valence-corrected chi connectivity index (χ2v) is 7.64. The fourth-order valence-electron chi connectivity index (χ4n) is 4.17. The van der Waals surface area contributed by atoms with Crippen LogP contribution in [-0.4, -0.2) is 56.0 Å². The smallest absolute Gasteiger partial charge is 0.326 e. The lowest BCUT2D eigenvalue weighted by molar-refractivity contribution is 0.178. The number of urea groups is 1. The van der Waals surface area contributed by atoms with Gasteiger partial charge in [-0.05, 0) is 6.07 Å². The van der Waals surface area contributed by atoms with E-state index in [4.69, 9.17) is 5.11 Å². The molecule has 2 amide bonds. The third kappa shape index (κ3) is 3.27. The topological polar surface area (TPSA) is 126 Å². The maximum Gasteiger partial charge on any atom is 0.326 e. The summed E-state index contributed by atoms with van der Waals surface area (Å²) in [5.74, 6) is 0.886. The van der Waals surface area contributed by atoms with Gasteiger partial charge in [-0.15, -0.1) is 0 Å². The lowest BCUT2D eigenvalue weighted by Crippen LogP contribution is -2.48. The Morgan fingerprint density at radius 3 is 2.97 bits per heavy atom. The number of hydrogen-bond acceptors (Lipinski definition) is 8. The van der Waals surface area contributed by atoms with Crippen molar-refractivity contribution < 1.29 is 9.90 Å². The van der Waals surface area contributed by atoms with Crippen molar-refractivity contribution in [2.75, 3.05) is 35.3 Å². The van der Waals surface area contributed by atoms with E-state index in [1.54, 1.807) is 40.1 Å². The van der Waals surface area contributed by atoms with E-state index in [0.29, 0.717) is 37.1 Å². The van der Waals surface area contributed by atoms with Crippen LogP contribution in [0.5, 0.6) is 0 Å². The zero-order valence-corrected chi connectivity index (χ0v) is 17.4. The van der Waals surface area contributed by atoms with Gasteiger partial charge in [-0.1, -0.05) is 18.2 Å². The summed E-state index contributed by atoms with van der Waals surface area (Å²) in [6.45, 7) is 1.17. The van der Waals surface area contributed by atoms with Crippen LogP contribution in [-0.2, 0) is 13.1 Å². The Kier molecular flexibility index (Phi) is 4.84. The maximum absolute atomic E-state index is 13.3. The summed E-state index contributed by atoms with van der Waals surface area (Å²) in [5.41, 5.74) is 3.29. The van der Waals surface area contributed by atoms with Crippen molar-refractivity contribution in [3.8, 4) is 6.19 Å². The molecule has 1 aromatic carbocycles. The second kappa shape index (κ2) is 7.82. The largest absolute Gasteiger partial charge is 0.394 e. The molecule has 2 aliphatic rings. The summed E-state index contributed by atoms with van der Waals surface area (Å²) in [6.07, 6.45) is 7.28. The molecule has 0 bridgehead atoms. The van der Waals surface area contributed by atoms with Crippen molar-refractivity contribution in [3.63, 3.8) is 0 Å². The molecule has 32 heavy (non-hydrogen) atoms. The number of rotatable bonds is 5.